The Balaban J connectivity index is 0.000000169. The van der Waals surface area contributed by atoms with E-state index in [0.29, 0.717) is 16.1 Å². The van der Waals surface area contributed by atoms with Gasteiger partial charge in [0.25, 0.3) is 0 Å². The highest BCUT2D eigenvalue weighted by atomic mass is 35.5. The number of hydrogen-bond acceptors (Lipinski definition) is 7. The Hall–Kier alpha value is -5.78. The van der Waals surface area contributed by atoms with E-state index < -0.39 is 11.9 Å². The summed E-state index contributed by atoms with van der Waals surface area (Å²) in [7, 11) is 0. The highest BCUT2D eigenvalue weighted by Gasteiger charge is 2.22. The van der Waals surface area contributed by atoms with Crippen LogP contribution in [0.15, 0.2) is 90.3 Å². The average Bonchev–Trinajstić information content (AvgIpc) is 3.58. The Bertz CT molecular complexity index is 2810. The summed E-state index contributed by atoms with van der Waals surface area (Å²) in [5, 5.41) is 23.9. The Kier molecular flexibility index (Phi) is 10.3. The van der Waals surface area contributed by atoms with Crippen LogP contribution in [0.2, 0.25) is 5.02 Å². The van der Waals surface area contributed by atoms with Crippen molar-refractivity contribution >= 4 is 78.9 Å². The molecule has 2 N–H and O–H groups in total. The molecule has 0 aliphatic rings. The molecule has 0 atom stereocenters. The number of carboxylic acid groups (broad SMARTS) is 2. The molecule has 10 nitrogen and oxygen atoms in total. The molecule has 0 aliphatic heterocycles. The van der Waals surface area contributed by atoms with Crippen molar-refractivity contribution in [2.45, 2.75) is 58.5 Å². The average molecular weight is 771 g/mol. The molecule has 0 saturated carbocycles. The SMILES string of the molecule is CSc1nc(-n2c(C)c(CC(=O)O)c3cc(C)ccc32)c2ccccc2n1.Cc1c(CC(=O)O)c2cc(C(C)C)ccc2n1-c1ncnc2cc(Cl)ccc12. The van der Waals surface area contributed by atoms with Gasteiger partial charge in [0, 0.05) is 38.0 Å². The zero-order valence-corrected chi connectivity index (χ0v) is 32.8. The summed E-state index contributed by atoms with van der Waals surface area (Å²) in [6.07, 6.45) is 3.41. The van der Waals surface area contributed by atoms with E-state index in [9.17, 15) is 19.8 Å². The van der Waals surface area contributed by atoms with Crippen molar-refractivity contribution in [1.82, 2.24) is 29.1 Å². The van der Waals surface area contributed by atoms with Gasteiger partial charge in [0.1, 0.15) is 18.0 Å². The first-order valence-electron chi connectivity index (χ1n) is 17.8. The molecular formula is C43H39ClN6O4S. The number of aliphatic carboxylic acids is 2. The van der Waals surface area contributed by atoms with Gasteiger partial charge in [-0.15, -0.1) is 0 Å². The number of hydrogen-bond donors (Lipinski definition) is 2. The van der Waals surface area contributed by atoms with Crippen LogP contribution in [0.5, 0.6) is 0 Å². The van der Waals surface area contributed by atoms with E-state index in [-0.39, 0.29) is 12.8 Å². The van der Waals surface area contributed by atoms with Crippen molar-refractivity contribution in [1.29, 1.82) is 0 Å². The number of aromatic nitrogens is 6. The Morgan fingerprint density at radius 1 is 0.709 bits per heavy atom. The number of fused-ring (bicyclic) bond motifs is 4. The summed E-state index contributed by atoms with van der Waals surface area (Å²) in [5.41, 5.74) is 9.21. The first-order valence-corrected chi connectivity index (χ1v) is 19.4. The monoisotopic (exact) mass is 770 g/mol. The number of carboxylic acids is 2. The van der Waals surface area contributed by atoms with E-state index in [4.69, 9.17) is 16.6 Å². The number of rotatable bonds is 8. The molecule has 8 rings (SSSR count). The van der Waals surface area contributed by atoms with Crippen molar-refractivity contribution in [3.63, 3.8) is 0 Å². The van der Waals surface area contributed by atoms with Gasteiger partial charge >= 0.3 is 11.9 Å². The third kappa shape index (κ3) is 7.13. The molecule has 0 saturated heterocycles. The van der Waals surface area contributed by atoms with Gasteiger partial charge in [-0.05, 0) is 104 Å². The second-order valence-electron chi connectivity index (χ2n) is 13.8. The number of aryl methyl sites for hydroxylation is 1. The summed E-state index contributed by atoms with van der Waals surface area (Å²) >= 11 is 7.61. The predicted octanol–water partition coefficient (Wildman–Crippen LogP) is 9.83. The maximum absolute atomic E-state index is 11.5. The van der Waals surface area contributed by atoms with E-state index in [1.54, 1.807) is 6.07 Å². The van der Waals surface area contributed by atoms with Crippen LogP contribution in [0.3, 0.4) is 0 Å². The summed E-state index contributed by atoms with van der Waals surface area (Å²) in [4.78, 5) is 41.2. The molecule has 0 bridgehead atoms. The Morgan fingerprint density at radius 2 is 1.33 bits per heavy atom. The van der Waals surface area contributed by atoms with Crippen LogP contribution in [-0.2, 0) is 22.4 Å². The van der Waals surface area contributed by atoms with Gasteiger partial charge in [0.05, 0.1) is 34.9 Å². The molecule has 4 aromatic carbocycles. The number of halogens is 1. The third-order valence-corrected chi connectivity index (χ3v) is 10.7. The number of para-hydroxylation sites is 1. The maximum atomic E-state index is 11.5. The highest BCUT2D eigenvalue weighted by Crippen LogP contribution is 2.35. The fourth-order valence-corrected chi connectivity index (χ4v) is 7.78. The molecule has 0 unspecified atom stereocenters. The zero-order chi connectivity index (χ0) is 39.1. The molecule has 4 heterocycles. The van der Waals surface area contributed by atoms with E-state index in [1.807, 2.05) is 86.2 Å². The number of thioether (sulfide) groups is 1. The second kappa shape index (κ2) is 15.2. The molecule has 0 fully saturated rings. The van der Waals surface area contributed by atoms with Crippen molar-refractivity contribution in [3.05, 3.63) is 124 Å². The van der Waals surface area contributed by atoms with Crippen LogP contribution < -0.4 is 0 Å². The summed E-state index contributed by atoms with van der Waals surface area (Å²) in [5.74, 6) is 0.172. The Morgan fingerprint density at radius 3 is 1.98 bits per heavy atom. The lowest BCUT2D eigenvalue weighted by atomic mass is 9.99. The molecule has 8 aromatic rings. The molecule has 0 aliphatic carbocycles. The van der Waals surface area contributed by atoms with Crippen molar-refractivity contribution in [2.24, 2.45) is 0 Å². The molecule has 0 spiro atoms. The van der Waals surface area contributed by atoms with Crippen LogP contribution >= 0.6 is 23.4 Å². The van der Waals surface area contributed by atoms with E-state index in [0.717, 1.165) is 83.3 Å². The standard InChI is InChI=1S/C22H20ClN3O2.C21H19N3O2S/c1-12(2)14-4-7-20-18(8-14)17(10-21(27)28)13(3)26(20)22-16-6-5-15(23)9-19(16)24-11-25-22;1-12-8-9-18-16(10-12)15(11-19(25)26)13(2)24(18)20-14-6-4-5-7-17(14)22-21(23-20)27-3/h4-9,11-12H,10H2,1-3H3,(H,27,28);4-10H,11H2,1-3H3,(H,25,26). The molecular weight excluding hydrogens is 732 g/mol. The lowest BCUT2D eigenvalue weighted by Crippen LogP contribution is -2.05. The van der Waals surface area contributed by atoms with Crippen molar-refractivity contribution < 1.29 is 19.8 Å². The first-order chi connectivity index (χ1) is 26.4. The lowest BCUT2D eigenvalue weighted by Gasteiger charge is -2.12. The quantitative estimate of drug-likeness (QED) is 0.114. The van der Waals surface area contributed by atoms with Gasteiger partial charge in [0.15, 0.2) is 5.16 Å². The Labute approximate surface area is 326 Å². The fraction of sp³-hybridized carbons (Fsp3) is 0.209. The largest absolute Gasteiger partial charge is 0.481 e. The van der Waals surface area contributed by atoms with Gasteiger partial charge in [-0.1, -0.05) is 67.0 Å². The first kappa shape index (κ1) is 37.5. The zero-order valence-electron chi connectivity index (χ0n) is 31.3. The summed E-state index contributed by atoms with van der Waals surface area (Å²) in [6, 6.07) is 25.8. The lowest BCUT2D eigenvalue weighted by molar-refractivity contribution is -0.137. The number of nitrogens with zero attached hydrogens (tertiary/aromatic N) is 6. The van der Waals surface area contributed by atoms with Crippen LogP contribution in [-0.4, -0.2) is 57.5 Å². The summed E-state index contributed by atoms with van der Waals surface area (Å²) in [6.45, 7) is 10.2. The van der Waals surface area contributed by atoms with E-state index >= 15 is 0 Å². The molecule has 55 heavy (non-hydrogen) atoms. The highest BCUT2D eigenvalue weighted by molar-refractivity contribution is 7.98. The third-order valence-electron chi connectivity index (χ3n) is 9.92. The summed E-state index contributed by atoms with van der Waals surface area (Å²) < 4.78 is 4.09. The fourth-order valence-electron chi connectivity index (χ4n) is 7.25. The molecule has 4 aromatic heterocycles. The van der Waals surface area contributed by atoms with Gasteiger partial charge in [-0.2, -0.15) is 0 Å². The predicted molar refractivity (Wildman–Crippen MR) is 221 cm³/mol. The normalized spacial score (nSPS) is 11.5. The minimum absolute atomic E-state index is 0.0167. The van der Waals surface area contributed by atoms with Gasteiger partial charge in [-0.25, -0.2) is 19.9 Å². The molecule has 0 amide bonds. The topological polar surface area (TPSA) is 136 Å². The van der Waals surface area contributed by atoms with E-state index in [1.165, 1.54) is 23.7 Å². The smallest absolute Gasteiger partial charge is 0.307 e. The van der Waals surface area contributed by atoms with Crippen LogP contribution in [0.1, 0.15) is 53.4 Å². The van der Waals surface area contributed by atoms with Gasteiger partial charge < -0.3 is 10.2 Å². The van der Waals surface area contributed by atoms with Crippen molar-refractivity contribution in [3.8, 4) is 11.6 Å². The molecule has 278 valence electrons. The van der Waals surface area contributed by atoms with Crippen LogP contribution in [0.25, 0.3) is 55.2 Å². The van der Waals surface area contributed by atoms with Crippen LogP contribution in [0.4, 0.5) is 0 Å². The van der Waals surface area contributed by atoms with Crippen molar-refractivity contribution in [2.75, 3.05) is 6.26 Å². The maximum Gasteiger partial charge on any atom is 0.307 e. The second-order valence-corrected chi connectivity index (χ2v) is 15.0. The molecule has 12 heteroatoms. The number of benzene rings is 4. The van der Waals surface area contributed by atoms with Gasteiger partial charge in [-0.3, -0.25) is 18.7 Å². The number of carbonyl (C=O) groups is 2. The molecule has 0 radical (unpaired) electrons. The minimum Gasteiger partial charge on any atom is -0.481 e. The minimum atomic E-state index is -0.851. The van der Waals surface area contributed by atoms with Gasteiger partial charge in [0.2, 0.25) is 0 Å². The van der Waals surface area contributed by atoms with Crippen LogP contribution in [0, 0.1) is 20.8 Å². The van der Waals surface area contributed by atoms with E-state index in [2.05, 4.69) is 51.6 Å².